The van der Waals surface area contributed by atoms with E-state index in [-0.39, 0.29) is 18.4 Å². The van der Waals surface area contributed by atoms with Crippen molar-refractivity contribution in [1.29, 1.82) is 0 Å². The molecule has 0 aliphatic carbocycles. The highest BCUT2D eigenvalue weighted by molar-refractivity contribution is 5.19. The molecule has 2 nitrogen and oxygen atoms in total. The van der Waals surface area contributed by atoms with Crippen molar-refractivity contribution in [2.75, 3.05) is 27.2 Å². The molecule has 1 aromatic rings. The number of hydrogen-bond donors (Lipinski definition) is 1. The number of rotatable bonds is 7. The van der Waals surface area contributed by atoms with Crippen LogP contribution in [0.3, 0.4) is 0 Å². The number of halogens is 3. The fourth-order valence-electron chi connectivity index (χ4n) is 1.85. The van der Waals surface area contributed by atoms with Crippen LogP contribution in [-0.2, 0) is 0 Å². The number of benzene rings is 1. The molecule has 1 rings (SSSR count). The Bertz CT molecular complexity index is 341. The molecule has 0 spiro atoms. The normalized spacial score (nSPS) is 13.3. The van der Waals surface area contributed by atoms with Gasteiger partial charge in [0.2, 0.25) is 0 Å². The summed E-state index contributed by atoms with van der Waals surface area (Å²) in [5.41, 5.74) is 0.962. The third-order valence-corrected chi connectivity index (χ3v) is 2.87. The summed E-state index contributed by atoms with van der Waals surface area (Å²) in [5.74, 6) is -0.275. The predicted octanol–water partition coefficient (Wildman–Crippen LogP) is 2.67. The first kappa shape index (κ1) is 15.0. The van der Waals surface area contributed by atoms with Crippen molar-refractivity contribution in [3.63, 3.8) is 0 Å². The molecule has 0 amide bonds. The highest BCUT2D eigenvalue weighted by Gasteiger charge is 2.12. The summed E-state index contributed by atoms with van der Waals surface area (Å²) < 4.78 is 37.1. The van der Waals surface area contributed by atoms with Crippen LogP contribution in [0.1, 0.15) is 18.0 Å². The Kier molecular flexibility index (Phi) is 6.15. The molecule has 0 heterocycles. The van der Waals surface area contributed by atoms with E-state index in [1.54, 1.807) is 31.1 Å². The summed E-state index contributed by atoms with van der Waals surface area (Å²) in [6.45, 7) is 0.340. The Balaban J connectivity index is 2.49. The minimum Gasteiger partial charge on any atom is -0.313 e. The second-order valence-corrected chi connectivity index (χ2v) is 4.33. The Morgan fingerprint density at radius 2 is 1.83 bits per heavy atom. The quantitative estimate of drug-likeness (QED) is 0.811. The molecule has 0 aromatic heterocycles. The lowest BCUT2D eigenvalue weighted by atomic mass is 10.0. The molecule has 102 valence electrons. The van der Waals surface area contributed by atoms with Gasteiger partial charge in [-0.05, 0) is 44.8 Å². The number of hydrogen-bond acceptors (Lipinski definition) is 2. The topological polar surface area (TPSA) is 15.3 Å². The van der Waals surface area contributed by atoms with Gasteiger partial charge in [-0.15, -0.1) is 0 Å². The Morgan fingerprint density at radius 1 is 1.22 bits per heavy atom. The van der Waals surface area contributed by atoms with Gasteiger partial charge in [0.05, 0.1) is 6.54 Å². The Morgan fingerprint density at radius 3 is 2.33 bits per heavy atom. The smallest absolute Gasteiger partial charge is 0.251 e. The summed E-state index contributed by atoms with van der Waals surface area (Å²) in [6.07, 6.45) is -1.61. The highest BCUT2D eigenvalue weighted by Crippen LogP contribution is 2.17. The molecule has 1 atom stereocenters. The van der Waals surface area contributed by atoms with E-state index >= 15 is 0 Å². The molecule has 0 fully saturated rings. The van der Waals surface area contributed by atoms with E-state index in [1.165, 1.54) is 12.1 Å². The lowest BCUT2D eigenvalue weighted by Gasteiger charge is -2.21. The van der Waals surface area contributed by atoms with Gasteiger partial charge >= 0.3 is 0 Å². The van der Waals surface area contributed by atoms with Gasteiger partial charge < -0.3 is 10.2 Å². The first-order chi connectivity index (χ1) is 8.52. The number of alkyl halides is 2. The van der Waals surface area contributed by atoms with Crippen LogP contribution in [0.25, 0.3) is 0 Å². The lowest BCUT2D eigenvalue weighted by Crippen LogP contribution is -2.29. The maximum Gasteiger partial charge on any atom is 0.251 e. The van der Waals surface area contributed by atoms with Crippen molar-refractivity contribution < 1.29 is 13.2 Å². The van der Waals surface area contributed by atoms with Crippen LogP contribution in [0, 0.1) is 5.82 Å². The van der Waals surface area contributed by atoms with Crippen LogP contribution in [-0.4, -0.2) is 38.5 Å². The van der Waals surface area contributed by atoms with Crippen LogP contribution in [0.2, 0.25) is 0 Å². The predicted molar refractivity (Wildman–Crippen MR) is 66.3 cm³/mol. The molecule has 0 saturated heterocycles. The standard InChI is InChI=1S/C13H19F3N2/c1-17-12(7-8-18(2)9-13(15)16)10-3-5-11(14)6-4-10/h3-6,12-13,17H,7-9H2,1-2H3. The van der Waals surface area contributed by atoms with Crippen molar-refractivity contribution in [3.05, 3.63) is 35.6 Å². The minimum atomic E-state index is -2.31. The second-order valence-electron chi connectivity index (χ2n) is 4.33. The molecule has 0 aliphatic rings. The van der Waals surface area contributed by atoms with Gasteiger partial charge in [-0.1, -0.05) is 12.1 Å². The van der Waals surface area contributed by atoms with Crippen molar-refractivity contribution >= 4 is 0 Å². The first-order valence-corrected chi connectivity index (χ1v) is 5.92. The van der Waals surface area contributed by atoms with Gasteiger partial charge in [0.1, 0.15) is 5.82 Å². The van der Waals surface area contributed by atoms with E-state index in [0.717, 1.165) is 5.56 Å². The van der Waals surface area contributed by atoms with E-state index < -0.39 is 6.43 Å². The van der Waals surface area contributed by atoms with Crippen molar-refractivity contribution in [2.24, 2.45) is 0 Å². The van der Waals surface area contributed by atoms with Crippen molar-refractivity contribution in [1.82, 2.24) is 10.2 Å². The zero-order valence-corrected chi connectivity index (χ0v) is 10.7. The minimum absolute atomic E-state index is 0.0470. The molecule has 1 unspecified atom stereocenters. The molecular weight excluding hydrogens is 241 g/mol. The lowest BCUT2D eigenvalue weighted by molar-refractivity contribution is 0.0986. The largest absolute Gasteiger partial charge is 0.313 e. The van der Waals surface area contributed by atoms with Crippen molar-refractivity contribution in [3.8, 4) is 0 Å². The highest BCUT2D eigenvalue weighted by atomic mass is 19.3. The fraction of sp³-hybridized carbons (Fsp3) is 0.538. The first-order valence-electron chi connectivity index (χ1n) is 5.92. The van der Waals surface area contributed by atoms with Gasteiger partial charge in [-0.25, -0.2) is 13.2 Å². The van der Waals surface area contributed by atoms with E-state index in [9.17, 15) is 13.2 Å². The second kappa shape index (κ2) is 7.38. The van der Waals surface area contributed by atoms with Crippen LogP contribution in [0.5, 0.6) is 0 Å². The Hall–Kier alpha value is -1.07. The van der Waals surface area contributed by atoms with Crippen LogP contribution >= 0.6 is 0 Å². The Labute approximate surface area is 106 Å². The third-order valence-electron chi connectivity index (χ3n) is 2.87. The zero-order chi connectivity index (χ0) is 13.5. The van der Waals surface area contributed by atoms with Gasteiger partial charge in [-0.3, -0.25) is 0 Å². The molecule has 18 heavy (non-hydrogen) atoms. The van der Waals surface area contributed by atoms with Gasteiger partial charge in [0.15, 0.2) is 0 Å². The SMILES string of the molecule is CNC(CCN(C)CC(F)F)c1ccc(F)cc1. The van der Waals surface area contributed by atoms with E-state index in [0.29, 0.717) is 13.0 Å². The molecule has 1 N–H and O–H groups in total. The maximum atomic E-state index is 12.8. The van der Waals surface area contributed by atoms with Gasteiger partial charge in [0, 0.05) is 6.04 Å². The summed E-state index contributed by atoms with van der Waals surface area (Å²) in [6, 6.07) is 6.28. The van der Waals surface area contributed by atoms with Crippen LogP contribution < -0.4 is 5.32 Å². The number of nitrogens with one attached hydrogen (secondary N) is 1. The summed E-state index contributed by atoms with van der Waals surface area (Å²) >= 11 is 0. The van der Waals surface area contributed by atoms with Gasteiger partial charge in [-0.2, -0.15) is 0 Å². The zero-order valence-electron chi connectivity index (χ0n) is 10.7. The fourth-order valence-corrected chi connectivity index (χ4v) is 1.85. The van der Waals surface area contributed by atoms with Gasteiger partial charge in [0.25, 0.3) is 6.43 Å². The molecule has 1 aromatic carbocycles. The monoisotopic (exact) mass is 260 g/mol. The van der Waals surface area contributed by atoms with E-state index in [1.807, 2.05) is 0 Å². The van der Waals surface area contributed by atoms with Crippen LogP contribution in [0.15, 0.2) is 24.3 Å². The summed E-state index contributed by atoms with van der Waals surface area (Å²) in [5, 5.41) is 3.11. The summed E-state index contributed by atoms with van der Waals surface area (Å²) in [7, 11) is 3.48. The van der Waals surface area contributed by atoms with E-state index in [2.05, 4.69) is 5.32 Å². The molecular formula is C13H19F3N2. The molecule has 5 heteroatoms. The van der Waals surface area contributed by atoms with Crippen molar-refractivity contribution in [2.45, 2.75) is 18.9 Å². The van der Waals surface area contributed by atoms with Crippen LogP contribution in [0.4, 0.5) is 13.2 Å². The van der Waals surface area contributed by atoms with E-state index in [4.69, 9.17) is 0 Å². The molecule has 0 saturated carbocycles. The average molecular weight is 260 g/mol. The molecule has 0 radical (unpaired) electrons. The third kappa shape index (κ3) is 5.06. The average Bonchev–Trinajstić information content (AvgIpc) is 2.31. The molecule has 0 aliphatic heterocycles. The summed E-state index contributed by atoms with van der Waals surface area (Å²) in [4.78, 5) is 1.60. The number of nitrogens with zero attached hydrogens (tertiary/aromatic N) is 1. The molecule has 0 bridgehead atoms. The maximum absolute atomic E-state index is 12.8.